The van der Waals surface area contributed by atoms with E-state index in [1.54, 1.807) is 12.1 Å². The first kappa shape index (κ1) is 12.4. The Morgan fingerprint density at radius 2 is 1.88 bits per heavy atom. The zero-order chi connectivity index (χ0) is 12.5. The zero-order valence-electron chi connectivity index (χ0n) is 9.43. The first-order chi connectivity index (χ1) is 7.98. The standard InChI is InChI=1S/C13H15F3O/c14-13(15,16)12(17)8-10-6-3-5-9-4-1-2-7-11(9)10/h3,5-6,12,17H,1-2,4,7-8H2. The van der Waals surface area contributed by atoms with Crippen molar-refractivity contribution in [2.24, 2.45) is 0 Å². The van der Waals surface area contributed by atoms with Crippen LogP contribution in [0.3, 0.4) is 0 Å². The zero-order valence-corrected chi connectivity index (χ0v) is 9.43. The molecule has 0 amide bonds. The molecule has 0 saturated carbocycles. The predicted molar refractivity (Wildman–Crippen MR) is 58.8 cm³/mol. The molecular weight excluding hydrogens is 229 g/mol. The summed E-state index contributed by atoms with van der Waals surface area (Å²) in [7, 11) is 0. The maximum atomic E-state index is 12.3. The largest absolute Gasteiger partial charge is 0.414 e. The molecule has 0 heterocycles. The average Bonchev–Trinajstić information content (AvgIpc) is 2.28. The van der Waals surface area contributed by atoms with E-state index in [1.807, 2.05) is 6.07 Å². The molecule has 1 atom stereocenters. The highest BCUT2D eigenvalue weighted by molar-refractivity contribution is 5.37. The Morgan fingerprint density at radius 3 is 2.59 bits per heavy atom. The summed E-state index contributed by atoms with van der Waals surface area (Å²) in [6.07, 6.45) is -3.23. The fraction of sp³-hybridized carbons (Fsp3) is 0.538. The maximum absolute atomic E-state index is 12.3. The number of benzene rings is 1. The lowest BCUT2D eigenvalue weighted by Gasteiger charge is -2.21. The molecule has 0 spiro atoms. The van der Waals surface area contributed by atoms with Crippen LogP contribution < -0.4 is 0 Å². The molecule has 1 aromatic carbocycles. The van der Waals surface area contributed by atoms with Crippen LogP contribution in [0.25, 0.3) is 0 Å². The van der Waals surface area contributed by atoms with Crippen LogP contribution >= 0.6 is 0 Å². The van der Waals surface area contributed by atoms with E-state index in [2.05, 4.69) is 0 Å². The molecule has 0 bridgehead atoms. The van der Waals surface area contributed by atoms with Crippen LogP contribution in [0, 0.1) is 0 Å². The number of hydrogen-bond donors (Lipinski definition) is 1. The molecule has 1 aliphatic rings. The van der Waals surface area contributed by atoms with Crippen molar-refractivity contribution in [3.63, 3.8) is 0 Å². The molecule has 0 radical (unpaired) electrons. The summed E-state index contributed by atoms with van der Waals surface area (Å²) in [5.41, 5.74) is 2.80. The highest BCUT2D eigenvalue weighted by atomic mass is 19.4. The van der Waals surface area contributed by atoms with Crippen LogP contribution in [0.5, 0.6) is 0 Å². The SMILES string of the molecule is OC(Cc1cccc2c1CCCC2)C(F)(F)F. The first-order valence-corrected chi connectivity index (χ1v) is 5.83. The molecule has 2 rings (SSSR count). The van der Waals surface area contributed by atoms with Gasteiger partial charge in [0.25, 0.3) is 0 Å². The van der Waals surface area contributed by atoms with E-state index in [0.717, 1.165) is 36.8 Å². The fourth-order valence-electron chi connectivity index (χ4n) is 2.38. The second-order valence-corrected chi connectivity index (χ2v) is 4.52. The van der Waals surface area contributed by atoms with Gasteiger partial charge in [-0.1, -0.05) is 18.2 Å². The third kappa shape index (κ3) is 2.80. The van der Waals surface area contributed by atoms with Crippen LogP contribution in [0.1, 0.15) is 29.5 Å². The van der Waals surface area contributed by atoms with Gasteiger partial charge in [-0.3, -0.25) is 0 Å². The van der Waals surface area contributed by atoms with Crippen LogP contribution in [0.4, 0.5) is 13.2 Å². The van der Waals surface area contributed by atoms with Gasteiger partial charge in [-0.2, -0.15) is 13.2 Å². The Hall–Kier alpha value is -1.03. The molecule has 1 aromatic rings. The highest BCUT2D eigenvalue weighted by Crippen LogP contribution is 2.28. The van der Waals surface area contributed by atoms with Gasteiger partial charge in [0.1, 0.15) is 0 Å². The minimum Gasteiger partial charge on any atom is -0.383 e. The van der Waals surface area contributed by atoms with Crippen molar-refractivity contribution >= 4 is 0 Å². The van der Waals surface area contributed by atoms with Gasteiger partial charge in [0.15, 0.2) is 6.10 Å². The van der Waals surface area contributed by atoms with E-state index in [0.29, 0.717) is 5.56 Å². The van der Waals surface area contributed by atoms with Crippen LogP contribution in [-0.4, -0.2) is 17.4 Å². The first-order valence-electron chi connectivity index (χ1n) is 5.83. The molecule has 1 unspecified atom stereocenters. The predicted octanol–water partition coefficient (Wildman–Crippen LogP) is 3.03. The fourth-order valence-corrected chi connectivity index (χ4v) is 2.38. The molecule has 0 aliphatic heterocycles. The molecule has 4 heteroatoms. The lowest BCUT2D eigenvalue weighted by atomic mass is 9.86. The lowest BCUT2D eigenvalue weighted by molar-refractivity contribution is -0.203. The van der Waals surface area contributed by atoms with Gasteiger partial charge >= 0.3 is 6.18 Å². The Kier molecular flexibility index (Phi) is 3.43. The van der Waals surface area contributed by atoms with E-state index in [-0.39, 0.29) is 6.42 Å². The van der Waals surface area contributed by atoms with Crippen LogP contribution in [0.2, 0.25) is 0 Å². The van der Waals surface area contributed by atoms with Gasteiger partial charge in [0.05, 0.1) is 0 Å². The number of aryl methyl sites for hydroxylation is 1. The maximum Gasteiger partial charge on any atom is 0.414 e. The number of aliphatic hydroxyl groups is 1. The number of alkyl halides is 3. The van der Waals surface area contributed by atoms with Gasteiger partial charge < -0.3 is 5.11 Å². The van der Waals surface area contributed by atoms with Crippen LogP contribution in [-0.2, 0) is 19.3 Å². The summed E-state index contributed by atoms with van der Waals surface area (Å²) in [6, 6.07) is 5.44. The van der Waals surface area contributed by atoms with E-state index in [1.165, 1.54) is 0 Å². The second-order valence-electron chi connectivity index (χ2n) is 4.52. The van der Waals surface area contributed by atoms with Crippen molar-refractivity contribution in [3.8, 4) is 0 Å². The molecule has 1 aliphatic carbocycles. The molecule has 17 heavy (non-hydrogen) atoms. The average molecular weight is 244 g/mol. The van der Waals surface area contributed by atoms with Crippen molar-refractivity contribution in [1.82, 2.24) is 0 Å². The Bertz CT molecular complexity index is 398. The Morgan fingerprint density at radius 1 is 1.18 bits per heavy atom. The number of fused-ring (bicyclic) bond motifs is 1. The third-order valence-electron chi connectivity index (χ3n) is 3.28. The lowest BCUT2D eigenvalue weighted by Crippen LogP contribution is -2.31. The van der Waals surface area contributed by atoms with E-state index in [4.69, 9.17) is 5.11 Å². The molecule has 0 fully saturated rings. The normalized spacial score (nSPS) is 17.6. The minimum absolute atomic E-state index is 0.327. The van der Waals surface area contributed by atoms with Gasteiger partial charge in [0.2, 0.25) is 0 Å². The summed E-state index contributed by atoms with van der Waals surface area (Å²) in [5, 5.41) is 9.12. The Balaban J connectivity index is 2.22. The summed E-state index contributed by atoms with van der Waals surface area (Å²) in [6.45, 7) is 0. The summed E-state index contributed by atoms with van der Waals surface area (Å²) >= 11 is 0. The molecule has 1 nitrogen and oxygen atoms in total. The van der Waals surface area contributed by atoms with Gasteiger partial charge in [0, 0.05) is 6.42 Å². The number of hydrogen-bond acceptors (Lipinski definition) is 1. The smallest absolute Gasteiger partial charge is 0.383 e. The number of aliphatic hydroxyl groups excluding tert-OH is 1. The number of halogens is 3. The highest BCUT2D eigenvalue weighted by Gasteiger charge is 2.38. The van der Waals surface area contributed by atoms with Crippen molar-refractivity contribution in [3.05, 3.63) is 34.9 Å². The van der Waals surface area contributed by atoms with Crippen molar-refractivity contribution in [2.75, 3.05) is 0 Å². The number of rotatable bonds is 2. The third-order valence-corrected chi connectivity index (χ3v) is 3.28. The summed E-state index contributed by atoms with van der Waals surface area (Å²) < 4.78 is 37.0. The Labute approximate surface area is 98.3 Å². The van der Waals surface area contributed by atoms with Crippen LogP contribution in [0.15, 0.2) is 18.2 Å². The minimum atomic E-state index is -4.53. The van der Waals surface area contributed by atoms with Gasteiger partial charge in [-0.25, -0.2) is 0 Å². The van der Waals surface area contributed by atoms with E-state index < -0.39 is 12.3 Å². The van der Waals surface area contributed by atoms with Crippen molar-refractivity contribution in [1.29, 1.82) is 0 Å². The van der Waals surface area contributed by atoms with E-state index >= 15 is 0 Å². The topological polar surface area (TPSA) is 20.2 Å². The second kappa shape index (κ2) is 4.69. The van der Waals surface area contributed by atoms with Crippen molar-refractivity contribution < 1.29 is 18.3 Å². The monoisotopic (exact) mass is 244 g/mol. The van der Waals surface area contributed by atoms with Gasteiger partial charge in [-0.05, 0) is 42.4 Å². The molecule has 94 valence electrons. The van der Waals surface area contributed by atoms with Crippen molar-refractivity contribution in [2.45, 2.75) is 44.4 Å². The summed E-state index contributed by atoms with van der Waals surface area (Å²) in [4.78, 5) is 0. The molecule has 1 N–H and O–H groups in total. The van der Waals surface area contributed by atoms with Gasteiger partial charge in [-0.15, -0.1) is 0 Å². The quantitative estimate of drug-likeness (QED) is 0.847. The molecule has 0 aromatic heterocycles. The molecular formula is C13H15F3O. The van der Waals surface area contributed by atoms with E-state index in [9.17, 15) is 13.2 Å². The molecule has 0 saturated heterocycles. The summed E-state index contributed by atoms with van der Waals surface area (Å²) in [5.74, 6) is 0.